The second-order valence-corrected chi connectivity index (χ2v) is 5.34. The van der Waals surface area contributed by atoms with Crippen molar-refractivity contribution in [3.63, 3.8) is 0 Å². The van der Waals surface area contributed by atoms with Gasteiger partial charge in [0.05, 0.1) is 13.5 Å². The molecule has 0 bridgehead atoms. The van der Waals surface area contributed by atoms with Gasteiger partial charge in [-0.05, 0) is 25.0 Å². The summed E-state index contributed by atoms with van der Waals surface area (Å²) in [4.78, 5) is 25.4. The Morgan fingerprint density at radius 2 is 1.80 bits per heavy atom. The van der Waals surface area contributed by atoms with Crippen LogP contribution in [0.1, 0.15) is 36.2 Å². The first-order chi connectivity index (χ1) is 9.43. The third-order valence-corrected chi connectivity index (χ3v) is 2.98. The van der Waals surface area contributed by atoms with Crippen LogP contribution < -0.4 is 0 Å². The largest absolute Gasteiger partial charge is 0.469 e. The van der Waals surface area contributed by atoms with Crippen molar-refractivity contribution in [2.24, 2.45) is 5.92 Å². The summed E-state index contributed by atoms with van der Waals surface area (Å²) in [5.41, 5.74) is 1.77. The molecule has 0 aromatic heterocycles. The average Bonchev–Trinajstić information content (AvgIpc) is 2.42. The van der Waals surface area contributed by atoms with Crippen LogP contribution in [0, 0.1) is 12.8 Å². The number of ether oxygens (including phenoxy) is 1. The SMILES string of the molecule is COC(=O)CCN(CC(C)C)C(=O)c1ccc(C)cc1. The van der Waals surface area contributed by atoms with E-state index < -0.39 is 0 Å². The highest BCUT2D eigenvalue weighted by molar-refractivity contribution is 5.94. The molecule has 0 aliphatic heterocycles. The van der Waals surface area contributed by atoms with Gasteiger partial charge < -0.3 is 9.64 Å². The highest BCUT2D eigenvalue weighted by Crippen LogP contribution is 2.10. The normalized spacial score (nSPS) is 10.4. The van der Waals surface area contributed by atoms with E-state index in [1.807, 2.05) is 45.0 Å². The van der Waals surface area contributed by atoms with E-state index in [2.05, 4.69) is 4.74 Å². The van der Waals surface area contributed by atoms with Gasteiger partial charge in [0.1, 0.15) is 0 Å². The van der Waals surface area contributed by atoms with E-state index in [4.69, 9.17) is 0 Å². The second-order valence-electron chi connectivity index (χ2n) is 5.34. The van der Waals surface area contributed by atoms with Crippen LogP contribution >= 0.6 is 0 Å². The molecule has 0 heterocycles. The van der Waals surface area contributed by atoms with Crippen LogP contribution in [0.4, 0.5) is 0 Å². The maximum Gasteiger partial charge on any atom is 0.307 e. The molecule has 1 aromatic rings. The fourth-order valence-electron chi connectivity index (χ4n) is 1.92. The second kappa shape index (κ2) is 7.68. The first-order valence-electron chi connectivity index (χ1n) is 6.86. The summed E-state index contributed by atoms with van der Waals surface area (Å²) in [6.45, 7) is 7.10. The van der Waals surface area contributed by atoms with Gasteiger partial charge in [-0.1, -0.05) is 31.5 Å². The third kappa shape index (κ3) is 5.03. The molecule has 20 heavy (non-hydrogen) atoms. The van der Waals surface area contributed by atoms with E-state index in [1.54, 1.807) is 4.90 Å². The Hall–Kier alpha value is -1.84. The molecule has 0 fully saturated rings. The Morgan fingerprint density at radius 3 is 2.30 bits per heavy atom. The van der Waals surface area contributed by atoms with E-state index in [1.165, 1.54) is 7.11 Å². The van der Waals surface area contributed by atoms with Crippen LogP contribution in [0.25, 0.3) is 0 Å². The molecule has 0 radical (unpaired) electrons. The standard InChI is InChI=1S/C16H23NO3/c1-12(2)11-17(10-9-15(18)20-4)16(19)14-7-5-13(3)6-8-14/h5-8,12H,9-11H2,1-4H3. The van der Waals surface area contributed by atoms with Gasteiger partial charge in [0.25, 0.3) is 5.91 Å². The minimum absolute atomic E-state index is 0.0393. The summed E-state index contributed by atoms with van der Waals surface area (Å²) in [6, 6.07) is 7.48. The molecule has 1 aromatic carbocycles. The Bertz CT molecular complexity index is 451. The van der Waals surface area contributed by atoms with Gasteiger partial charge >= 0.3 is 5.97 Å². The molecule has 4 heteroatoms. The van der Waals surface area contributed by atoms with E-state index in [-0.39, 0.29) is 18.3 Å². The number of benzene rings is 1. The maximum atomic E-state index is 12.5. The Labute approximate surface area is 120 Å². The van der Waals surface area contributed by atoms with E-state index in [0.717, 1.165) is 5.56 Å². The Balaban J connectivity index is 2.78. The van der Waals surface area contributed by atoms with E-state index in [0.29, 0.717) is 24.6 Å². The molecule has 110 valence electrons. The van der Waals surface area contributed by atoms with Crippen molar-refractivity contribution in [3.05, 3.63) is 35.4 Å². The summed E-state index contributed by atoms with van der Waals surface area (Å²) in [5, 5.41) is 0. The van der Waals surface area contributed by atoms with Crippen molar-refractivity contribution in [1.29, 1.82) is 0 Å². The fourth-order valence-corrected chi connectivity index (χ4v) is 1.92. The molecular formula is C16H23NO3. The molecule has 0 N–H and O–H groups in total. The predicted octanol–water partition coefficient (Wildman–Crippen LogP) is 2.66. The quantitative estimate of drug-likeness (QED) is 0.751. The van der Waals surface area contributed by atoms with Gasteiger partial charge in [0.2, 0.25) is 0 Å². The molecule has 0 aliphatic carbocycles. The van der Waals surface area contributed by atoms with Crippen LogP contribution in [0.3, 0.4) is 0 Å². The average molecular weight is 277 g/mol. The van der Waals surface area contributed by atoms with E-state index >= 15 is 0 Å². The maximum absolute atomic E-state index is 12.5. The number of esters is 1. The van der Waals surface area contributed by atoms with Crippen molar-refractivity contribution in [2.45, 2.75) is 27.2 Å². The van der Waals surface area contributed by atoms with Gasteiger partial charge in [0.15, 0.2) is 0 Å². The monoisotopic (exact) mass is 277 g/mol. The minimum Gasteiger partial charge on any atom is -0.469 e. The van der Waals surface area contributed by atoms with E-state index in [9.17, 15) is 9.59 Å². The zero-order valence-electron chi connectivity index (χ0n) is 12.7. The first-order valence-corrected chi connectivity index (χ1v) is 6.86. The zero-order chi connectivity index (χ0) is 15.1. The predicted molar refractivity (Wildman–Crippen MR) is 78.6 cm³/mol. The lowest BCUT2D eigenvalue weighted by molar-refractivity contribution is -0.140. The third-order valence-electron chi connectivity index (χ3n) is 2.98. The van der Waals surface area contributed by atoms with Crippen LogP contribution in [0.15, 0.2) is 24.3 Å². The summed E-state index contributed by atoms with van der Waals surface area (Å²) >= 11 is 0. The van der Waals surface area contributed by atoms with Crippen LogP contribution in [0.2, 0.25) is 0 Å². The molecule has 0 saturated carbocycles. The lowest BCUT2D eigenvalue weighted by atomic mass is 10.1. The number of carbonyl (C=O) groups excluding carboxylic acids is 2. The lowest BCUT2D eigenvalue weighted by Crippen LogP contribution is -2.36. The van der Waals surface area contributed by atoms with Gasteiger partial charge in [-0.25, -0.2) is 0 Å². The molecule has 0 aliphatic rings. The highest BCUT2D eigenvalue weighted by Gasteiger charge is 2.18. The number of amides is 1. The number of hydrogen-bond acceptors (Lipinski definition) is 3. The zero-order valence-corrected chi connectivity index (χ0v) is 12.7. The molecule has 1 amide bonds. The summed E-state index contributed by atoms with van der Waals surface area (Å²) in [6.07, 6.45) is 0.223. The topological polar surface area (TPSA) is 46.6 Å². The number of hydrogen-bond donors (Lipinski definition) is 0. The van der Waals surface area contributed by atoms with Crippen molar-refractivity contribution in [2.75, 3.05) is 20.2 Å². The highest BCUT2D eigenvalue weighted by atomic mass is 16.5. The fraction of sp³-hybridized carbons (Fsp3) is 0.500. The molecule has 0 unspecified atom stereocenters. The Morgan fingerprint density at radius 1 is 1.20 bits per heavy atom. The number of carbonyl (C=O) groups is 2. The van der Waals surface area contributed by atoms with Crippen molar-refractivity contribution in [1.82, 2.24) is 4.90 Å². The van der Waals surface area contributed by atoms with Gasteiger partial charge in [0, 0.05) is 18.7 Å². The van der Waals surface area contributed by atoms with Gasteiger partial charge in [-0.2, -0.15) is 0 Å². The molecule has 0 saturated heterocycles. The van der Waals surface area contributed by atoms with Gasteiger partial charge in [-0.15, -0.1) is 0 Å². The lowest BCUT2D eigenvalue weighted by Gasteiger charge is -2.24. The Kier molecular flexibility index (Phi) is 6.22. The number of methoxy groups -OCH3 is 1. The smallest absolute Gasteiger partial charge is 0.307 e. The van der Waals surface area contributed by atoms with Crippen LogP contribution in [-0.4, -0.2) is 37.0 Å². The number of aryl methyl sites for hydroxylation is 1. The number of nitrogens with zero attached hydrogens (tertiary/aromatic N) is 1. The molecule has 4 nitrogen and oxygen atoms in total. The molecule has 1 rings (SSSR count). The summed E-state index contributed by atoms with van der Waals surface area (Å²) in [5.74, 6) is 0.0140. The van der Waals surface area contributed by atoms with Crippen molar-refractivity contribution < 1.29 is 14.3 Å². The molecular weight excluding hydrogens is 254 g/mol. The van der Waals surface area contributed by atoms with Crippen LogP contribution in [0.5, 0.6) is 0 Å². The molecule has 0 spiro atoms. The minimum atomic E-state index is -0.296. The first kappa shape index (κ1) is 16.2. The van der Waals surface area contributed by atoms with Crippen molar-refractivity contribution >= 4 is 11.9 Å². The number of rotatable bonds is 6. The van der Waals surface area contributed by atoms with Crippen molar-refractivity contribution in [3.8, 4) is 0 Å². The van der Waals surface area contributed by atoms with Gasteiger partial charge in [-0.3, -0.25) is 9.59 Å². The molecule has 0 atom stereocenters. The van der Waals surface area contributed by atoms with Crippen LogP contribution in [-0.2, 0) is 9.53 Å². The summed E-state index contributed by atoms with van der Waals surface area (Å²) in [7, 11) is 1.36. The summed E-state index contributed by atoms with van der Waals surface area (Å²) < 4.78 is 4.63.